The maximum absolute atomic E-state index is 4.49. The first kappa shape index (κ1) is 13.9. The first-order chi connectivity index (χ1) is 10.3. The van der Waals surface area contributed by atoms with Crippen LogP contribution in [0.3, 0.4) is 0 Å². The number of aromatic nitrogens is 2. The van der Waals surface area contributed by atoms with E-state index in [9.17, 15) is 0 Å². The van der Waals surface area contributed by atoms with Gasteiger partial charge in [-0.2, -0.15) is 0 Å². The van der Waals surface area contributed by atoms with Crippen LogP contribution < -0.4 is 10.2 Å². The molecule has 1 N–H and O–H groups in total. The smallest absolute Gasteiger partial charge is 0.126 e. The van der Waals surface area contributed by atoms with Crippen LogP contribution in [-0.4, -0.2) is 29.6 Å². The summed E-state index contributed by atoms with van der Waals surface area (Å²) in [5, 5.41) is 3.47. The zero-order chi connectivity index (χ0) is 14.5. The van der Waals surface area contributed by atoms with Crippen molar-refractivity contribution < 1.29 is 0 Å². The molecule has 0 aromatic carbocycles. The lowest BCUT2D eigenvalue weighted by Gasteiger charge is -2.33. The Morgan fingerprint density at radius 1 is 1.14 bits per heavy atom. The van der Waals surface area contributed by atoms with Crippen molar-refractivity contribution in [2.75, 3.05) is 29.9 Å². The van der Waals surface area contributed by atoms with Crippen molar-refractivity contribution in [3.63, 3.8) is 0 Å². The lowest BCUT2D eigenvalue weighted by atomic mass is 9.96. The van der Waals surface area contributed by atoms with Gasteiger partial charge in [0.15, 0.2) is 0 Å². The first-order valence-electron chi connectivity index (χ1n) is 7.64. The second-order valence-electron chi connectivity index (χ2n) is 5.68. The summed E-state index contributed by atoms with van der Waals surface area (Å²) in [5.41, 5.74) is 2.35. The normalized spacial score (nSPS) is 16.0. The maximum Gasteiger partial charge on any atom is 0.126 e. The van der Waals surface area contributed by atoms with Crippen molar-refractivity contribution in [1.82, 2.24) is 9.97 Å². The third-order valence-corrected chi connectivity index (χ3v) is 4.10. The molecule has 4 nitrogen and oxygen atoms in total. The Labute approximate surface area is 126 Å². The standard InChI is InChI=1S/C17H22N4/c1-14-3-2-4-17(20-14)19-13-15-7-11-21(12-8-15)16-5-9-18-10-6-16/h2-6,9-10,15H,7-8,11-13H2,1H3,(H,19,20). The van der Waals surface area contributed by atoms with Crippen LogP contribution in [0.5, 0.6) is 0 Å². The summed E-state index contributed by atoms with van der Waals surface area (Å²) in [6.07, 6.45) is 6.18. The van der Waals surface area contributed by atoms with Crippen LogP contribution in [-0.2, 0) is 0 Å². The van der Waals surface area contributed by atoms with E-state index in [1.807, 2.05) is 31.5 Å². The average molecular weight is 282 g/mol. The SMILES string of the molecule is Cc1cccc(NCC2CCN(c3ccncc3)CC2)n1. The van der Waals surface area contributed by atoms with Crippen molar-refractivity contribution >= 4 is 11.5 Å². The molecule has 0 amide bonds. The predicted octanol–water partition coefficient (Wildman–Crippen LogP) is 3.11. The van der Waals surface area contributed by atoms with Crippen LogP contribution in [0.15, 0.2) is 42.7 Å². The molecule has 1 aliphatic rings. The Hall–Kier alpha value is -2.10. The summed E-state index contributed by atoms with van der Waals surface area (Å²) >= 11 is 0. The molecule has 21 heavy (non-hydrogen) atoms. The van der Waals surface area contributed by atoms with E-state index in [2.05, 4.69) is 38.4 Å². The van der Waals surface area contributed by atoms with Gasteiger partial charge in [-0.1, -0.05) is 6.07 Å². The summed E-state index contributed by atoms with van der Waals surface area (Å²) < 4.78 is 0. The molecule has 3 heterocycles. The Morgan fingerprint density at radius 2 is 1.90 bits per heavy atom. The summed E-state index contributed by atoms with van der Waals surface area (Å²) in [4.78, 5) is 11.0. The number of aryl methyl sites for hydroxylation is 1. The van der Waals surface area contributed by atoms with Gasteiger partial charge < -0.3 is 10.2 Å². The summed E-state index contributed by atoms with van der Waals surface area (Å²) in [6.45, 7) is 5.29. The fourth-order valence-electron chi connectivity index (χ4n) is 2.84. The molecule has 0 radical (unpaired) electrons. The molecule has 0 saturated carbocycles. The molecule has 0 unspecified atom stereocenters. The Morgan fingerprint density at radius 3 is 2.62 bits per heavy atom. The van der Waals surface area contributed by atoms with E-state index < -0.39 is 0 Å². The van der Waals surface area contributed by atoms with Crippen LogP contribution in [0.4, 0.5) is 11.5 Å². The van der Waals surface area contributed by atoms with E-state index in [-0.39, 0.29) is 0 Å². The molecule has 1 aliphatic heterocycles. The van der Waals surface area contributed by atoms with E-state index in [4.69, 9.17) is 0 Å². The Bertz CT molecular complexity index is 562. The molecule has 0 aliphatic carbocycles. The third kappa shape index (κ3) is 3.72. The van der Waals surface area contributed by atoms with Gasteiger partial charge in [0.25, 0.3) is 0 Å². The number of piperidine rings is 1. The molecule has 110 valence electrons. The monoisotopic (exact) mass is 282 g/mol. The Kier molecular flexibility index (Phi) is 4.34. The number of hydrogen-bond donors (Lipinski definition) is 1. The van der Waals surface area contributed by atoms with Gasteiger partial charge in [-0.3, -0.25) is 4.98 Å². The van der Waals surface area contributed by atoms with Crippen molar-refractivity contribution in [3.05, 3.63) is 48.4 Å². The summed E-state index contributed by atoms with van der Waals surface area (Å²) in [5.74, 6) is 1.72. The number of pyridine rings is 2. The van der Waals surface area contributed by atoms with Gasteiger partial charge in [-0.15, -0.1) is 0 Å². The van der Waals surface area contributed by atoms with Gasteiger partial charge in [0, 0.05) is 43.4 Å². The van der Waals surface area contributed by atoms with Crippen LogP contribution >= 0.6 is 0 Å². The first-order valence-corrected chi connectivity index (χ1v) is 7.64. The molecule has 4 heteroatoms. The number of nitrogens with one attached hydrogen (secondary N) is 1. The Balaban J connectivity index is 1.48. The second-order valence-corrected chi connectivity index (χ2v) is 5.68. The lowest BCUT2D eigenvalue weighted by molar-refractivity contribution is 0.423. The van der Waals surface area contributed by atoms with Crippen molar-refractivity contribution in [2.24, 2.45) is 5.92 Å². The molecule has 1 fully saturated rings. The molecule has 3 rings (SSSR count). The van der Waals surface area contributed by atoms with Gasteiger partial charge >= 0.3 is 0 Å². The largest absolute Gasteiger partial charge is 0.371 e. The third-order valence-electron chi connectivity index (χ3n) is 4.10. The minimum absolute atomic E-state index is 0.727. The zero-order valence-corrected chi connectivity index (χ0v) is 12.5. The number of anilines is 2. The quantitative estimate of drug-likeness (QED) is 0.935. The number of rotatable bonds is 4. The van der Waals surface area contributed by atoms with Gasteiger partial charge in [0.05, 0.1) is 0 Å². The average Bonchev–Trinajstić information content (AvgIpc) is 2.54. The highest BCUT2D eigenvalue weighted by molar-refractivity contribution is 5.45. The summed E-state index contributed by atoms with van der Waals surface area (Å²) in [6, 6.07) is 10.3. The number of nitrogens with zero attached hydrogens (tertiary/aromatic N) is 3. The van der Waals surface area contributed by atoms with Crippen LogP contribution in [0, 0.1) is 12.8 Å². The fraction of sp³-hybridized carbons (Fsp3) is 0.412. The highest BCUT2D eigenvalue weighted by Gasteiger charge is 2.19. The second kappa shape index (κ2) is 6.57. The highest BCUT2D eigenvalue weighted by atomic mass is 15.1. The predicted molar refractivity (Wildman–Crippen MR) is 86.6 cm³/mol. The highest BCUT2D eigenvalue weighted by Crippen LogP contribution is 2.22. The van der Waals surface area contributed by atoms with E-state index >= 15 is 0 Å². The fourth-order valence-corrected chi connectivity index (χ4v) is 2.84. The summed E-state index contributed by atoms with van der Waals surface area (Å²) in [7, 11) is 0. The number of hydrogen-bond acceptors (Lipinski definition) is 4. The van der Waals surface area contributed by atoms with Crippen LogP contribution in [0.2, 0.25) is 0 Å². The van der Waals surface area contributed by atoms with E-state index in [1.54, 1.807) is 0 Å². The molecule has 2 aromatic rings. The minimum Gasteiger partial charge on any atom is -0.371 e. The van der Waals surface area contributed by atoms with E-state index in [0.29, 0.717) is 0 Å². The van der Waals surface area contributed by atoms with Crippen LogP contribution in [0.25, 0.3) is 0 Å². The van der Waals surface area contributed by atoms with Gasteiger partial charge in [0.2, 0.25) is 0 Å². The maximum atomic E-state index is 4.49. The molecule has 2 aromatic heterocycles. The lowest BCUT2D eigenvalue weighted by Crippen LogP contribution is -2.35. The molecule has 0 spiro atoms. The molecule has 0 bridgehead atoms. The molecular weight excluding hydrogens is 260 g/mol. The van der Waals surface area contributed by atoms with E-state index in [0.717, 1.165) is 37.1 Å². The van der Waals surface area contributed by atoms with Crippen molar-refractivity contribution in [2.45, 2.75) is 19.8 Å². The molecule has 1 saturated heterocycles. The van der Waals surface area contributed by atoms with Gasteiger partial charge in [-0.25, -0.2) is 4.98 Å². The van der Waals surface area contributed by atoms with Crippen molar-refractivity contribution in [1.29, 1.82) is 0 Å². The van der Waals surface area contributed by atoms with Crippen molar-refractivity contribution in [3.8, 4) is 0 Å². The van der Waals surface area contributed by atoms with Gasteiger partial charge in [0.1, 0.15) is 5.82 Å². The molecule has 0 atom stereocenters. The topological polar surface area (TPSA) is 41.0 Å². The molecular formula is C17H22N4. The zero-order valence-electron chi connectivity index (χ0n) is 12.5. The van der Waals surface area contributed by atoms with E-state index in [1.165, 1.54) is 18.5 Å². The minimum atomic E-state index is 0.727. The van der Waals surface area contributed by atoms with Crippen LogP contribution in [0.1, 0.15) is 18.5 Å². The van der Waals surface area contributed by atoms with Gasteiger partial charge in [-0.05, 0) is 49.9 Å².